The zero-order valence-electron chi connectivity index (χ0n) is 9.34. The largest absolute Gasteiger partial charge is 0.384 e. The first-order valence-corrected chi connectivity index (χ1v) is 5.42. The van der Waals surface area contributed by atoms with Gasteiger partial charge in [0, 0.05) is 37.9 Å². The summed E-state index contributed by atoms with van der Waals surface area (Å²) in [5.74, 6) is 0.913. The van der Waals surface area contributed by atoms with Gasteiger partial charge in [0.1, 0.15) is 5.82 Å². The Morgan fingerprint density at radius 2 is 2.20 bits per heavy atom. The minimum absolute atomic E-state index is 0.690. The van der Waals surface area contributed by atoms with E-state index in [1.54, 1.807) is 7.11 Å². The number of ether oxygens (including phenoxy) is 1. The molecule has 15 heavy (non-hydrogen) atoms. The zero-order chi connectivity index (χ0) is 10.7. The van der Waals surface area contributed by atoms with E-state index in [-0.39, 0.29) is 0 Å². The molecule has 1 aromatic rings. The number of fused-ring (bicyclic) bond motifs is 1. The van der Waals surface area contributed by atoms with Crippen molar-refractivity contribution < 1.29 is 4.74 Å². The second kappa shape index (κ2) is 4.68. The van der Waals surface area contributed by atoms with E-state index >= 15 is 0 Å². The monoisotopic (exact) mass is 207 g/mol. The predicted molar refractivity (Wildman–Crippen MR) is 57.5 cm³/mol. The van der Waals surface area contributed by atoms with Gasteiger partial charge in [-0.2, -0.15) is 0 Å². The van der Waals surface area contributed by atoms with Crippen LogP contribution in [0.15, 0.2) is 0 Å². The molecule has 0 radical (unpaired) electrons. The van der Waals surface area contributed by atoms with Crippen LogP contribution in [0.2, 0.25) is 0 Å². The molecule has 1 N–H and O–H groups in total. The first-order valence-electron chi connectivity index (χ1n) is 5.42. The Morgan fingerprint density at radius 1 is 1.33 bits per heavy atom. The van der Waals surface area contributed by atoms with Gasteiger partial charge in [0.25, 0.3) is 0 Å². The quantitative estimate of drug-likeness (QED) is 0.794. The van der Waals surface area contributed by atoms with Gasteiger partial charge < -0.3 is 10.1 Å². The molecule has 0 aliphatic carbocycles. The van der Waals surface area contributed by atoms with Crippen LogP contribution >= 0.6 is 0 Å². The molecule has 1 aliphatic rings. The Bertz CT molecular complexity index is 352. The summed E-state index contributed by atoms with van der Waals surface area (Å²) in [4.78, 5) is 9.12. The molecule has 0 fully saturated rings. The lowest BCUT2D eigenvalue weighted by Crippen LogP contribution is -2.07. The molecular formula is C11H17N3O. The Morgan fingerprint density at radius 3 is 2.93 bits per heavy atom. The average Bonchev–Trinajstić information content (AvgIpc) is 2.73. The lowest BCUT2D eigenvalue weighted by atomic mass is 10.1. The number of methoxy groups -OCH3 is 1. The molecule has 0 atom stereocenters. The van der Waals surface area contributed by atoms with Gasteiger partial charge in [-0.1, -0.05) is 6.92 Å². The normalized spacial score (nSPS) is 14.3. The van der Waals surface area contributed by atoms with Crippen LogP contribution in [0.3, 0.4) is 0 Å². The highest BCUT2D eigenvalue weighted by atomic mass is 16.5. The van der Waals surface area contributed by atoms with Crippen molar-refractivity contribution in [3.63, 3.8) is 0 Å². The van der Waals surface area contributed by atoms with Crippen molar-refractivity contribution in [2.24, 2.45) is 0 Å². The second-order valence-electron chi connectivity index (χ2n) is 3.71. The molecule has 2 rings (SSSR count). The maximum Gasteiger partial charge on any atom is 0.131 e. The molecule has 0 spiro atoms. The average molecular weight is 207 g/mol. The zero-order valence-corrected chi connectivity index (χ0v) is 9.34. The lowest BCUT2D eigenvalue weighted by molar-refractivity contribution is 0.200. The maximum atomic E-state index is 5.04. The summed E-state index contributed by atoms with van der Waals surface area (Å²) in [5.41, 5.74) is 3.67. The topological polar surface area (TPSA) is 47.0 Å². The molecule has 0 bridgehead atoms. The fourth-order valence-electron chi connectivity index (χ4n) is 1.89. The van der Waals surface area contributed by atoms with Gasteiger partial charge in [-0.3, -0.25) is 0 Å². The van der Waals surface area contributed by atoms with Crippen LogP contribution in [0.5, 0.6) is 0 Å². The highest BCUT2D eigenvalue weighted by molar-refractivity contribution is 5.29. The summed E-state index contributed by atoms with van der Waals surface area (Å²) in [7, 11) is 1.70. The molecular weight excluding hydrogens is 190 g/mol. The first-order chi connectivity index (χ1) is 7.35. The Labute approximate surface area is 90.1 Å². The third kappa shape index (κ3) is 2.16. The summed E-state index contributed by atoms with van der Waals surface area (Å²) in [6.07, 6.45) is 1.78. The Hall–Kier alpha value is -1.00. The Balaban J connectivity index is 2.26. The van der Waals surface area contributed by atoms with E-state index in [1.165, 1.54) is 17.0 Å². The van der Waals surface area contributed by atoms with Crippen molar-refractivity contribution in [2.45, 2.75) is 32.9 Å². The molecule has 0 saturated heterocycles. The first kappa shape index (κ1) is 10.5. The van der Waals surface area contributed by atoms with Gasteiger partial charge in [-0.15, -0.1) is 0 Å². The van der Waals surface area contributed by atoms with Gasteiger partial charge in [0.05, 0.1) is 12.3 Å². The van der Waals surface area contributed by atoms with E-state index < -0.39 is 0 Å². The van der Waals surface area contributed by atoms with Crippen LogP contribution in [0.25, 0.3) is 0 Å². The summed E-state index contributed by atoms with van der Waals surface area (Å²) >= 11 is 0. The number of hydrogen-bond donors (Lipinski definition) is 1. The summed E-state index contributed by atoms with van der Waals surface area (Å²) in [6, 6.07) is 0. The number of aromatic nitrogens is 2. The van der Waals surface area contributed by atoms with Crippen LogP contribution in [-0.2, 0) is 30.7 Å². The molecule has 2 heterocycles. The van der Waals surface area contributed by atoms with E-state index in [9.17, 15) is 0 Å². The van der Waals surface area contributed by atoms with Crippen LogP contribution in [-0.4, -0.2) is 23.7 Å². The molecule has 0 amide bonds. The van der Waals surface area contributed by atoms with Crippen LogP contribution in [0.1, 0.15) is 29.7 Å². The van der Waals surface area contributed by atoms with Gasteiger partial charge in [-0.05, 0) is 6.42 Å². The van der Waals surface area contributed by atoms with Crippen molar-refractivity contribution in [3.05, 3.63) is 22.8 Å². The van der Waals surface area contributed by atoms with Gasteiger partial charge in [0.2, 0.25) is 0 Å². The number of nitrogens with zero attached hydrogens (tertiary/aromatic N) is 2. The number of rotatable bonds is 4. The van der Waals surface area contributed by atoms with Crippen molar-refractivity contribution in [3.8, 4) is 0 Å². The minimum Gasteiger partial charge on any atom is -0.384 e. The third-order valence-electron chi connectivity index (χ3n) is 2.68. The van der Waals surface area contributed by atoms with Crippen LogP contribution in [0.4, 0.5) is 0 Å². The maximum absolute atomic E-state index is 5.04. The molecule has 4 heteroatoms. The van der Waals surface area contributed by atoms with E-state index in [2.05, 4.69) is 22.2 Å². The van der Waals surface area contributed by atoms with Gasteiger partial charge in [-0.25, -0.2) is 9.97 Å². The predicted octanol–water partition coefficient (Wildman–Crippen LogP) is 0.831. The second-order valence-corrected chi connectivity index (χ2v) is 3.71. The van der Waals surface area contributed by atoms with E-state index in [1.807, 2.05) is 0 Å². The fourth-order valence-corrected chi connectivity index (χ4v) is 1.89. The van der Waals surface area contributed by atoms with E-state index in [0.717, 1.165) is 31.8 Å². The number of aryl methyl sites for hydroxylation is 1. The van der Waals surface area contributed by atoms with Crippen LogP contribution in [0, 0.1) is 0 Å². The van der Waals surface area contributed by atoms with Crippen molar-refractivity contribution in [1.82, 2.24) is 15.3 Å². The Kier molecular flexibility index (Phi) is 3.28. The molecule has 1 aromatic heterocycles. The van der Waals surface area contributed by atoms with E-state index in [0.29, 0.717) is 6.61 Å². The summed E-state index contributed by atoms with van der Waals surface area (Å²) in [5, 5.41) is 3.31. The molecule has 0 saturated carbocycles. The molecule has 1 aliphatic heterocycles. The minimum atomic E-state index is 0.690. The van der Waals surface area contributed by atoms with Gasteiger partial charge >= 0.3 is 0 Å². The molecule has 82 valence electrons. The standard InChI is InChI=1S/C11H17N3O/c1-3-9-8-6-12-7-10(8)14-11(13-9)4-5-15-2/h12H,3-7H2,1-2H3. The lowest BCUT2D eigenvalue weighted by Gasteiger charge is -2.07. The summed E-state index contributed by atoms with van der Waals surface area (Å²) in [6.45, 7) is 4.63. The highest BCUT2D eigenvalue weighted by Crippen LogP contribution is 2.17. The van der Waals surface area contributed by atoms with Crippen molar-refractivity contribution >= 4 is 0 Å². The SMILES string of the molecule is CCc1nc(CCOC)nc2c1CNC2. The number of hydrogen-bond acceptors (Lipinski definition) is 4. The fraction of sp³-hybridized carbons (Fsp3) is 0.636. The molecule has 4 nitrogen and oxygen atoms in total. The third-order valence-corrected chi connectivity index (χ3v) is 2.68. The smallest absolute Gasteiger partial charge is 0.131 e. The number of nitrogens with one attached hydrogen (secondary N) is 1. The highest BCUT2D eigenvalue weighted by Gasteiger charge is 2.17. The van der Waals surface area contributed by atoms with Crippen molar-refractivity contribution in [2.75, 3.05) is 13.7 Å². The molecule has 0 aromatic carbocycles. The van der Waals surface area contributed by atoms with Crippen LogP contribution < -0.4 is 5.32 Å². The van der Waals surface area contributed by atoms with Gasteiger partial charge in [0.15, 0.2) is 0 Å². The molecule has 0 unspecified atom stereocenters. The van der Waals surface area contributed by atoms with E-state index in [4.69, 9.17) is 4.74 Å². The van der Waals surface area contributed by atoms with Crippen molar-refractivity contribution in [1.29, 1.82) is 0 Å². The summed E-state index contributed by atoms with van der Waals surface area (Å²) < 4.78 is 5.04.